The van der Waals surface area contributed by atoms with Crippen molar-refractivity contribution in [1.82, 2.24) is 5.32 Å². The summed E-state index contributed by atoms with van der Waals surface area (Å²) >= 11 is 0. The number of carbonyl (C=O) groups is 2. The highest BCUT2D eigenvalue weighted by Crippen LogP contribution is 2.28. The first-order chi connectivity index (χ1) is 10.7. The second-order valence-electron chi connectivity index (χ2n) is 6.33. The lowest BCUT2D eigenvalue weighted by Gasteiger charge is -2.30. The van der Waals surface area contributed by atoms with Gasteiger partial charge in [-0.3, -0.25) is 9.59 Å². The third kappa shape index (κ3) is 4.03. The van der Waals surface area contributed by atoms with Gasteiger partial charge < -0.3 is 15.2 Å². The molecule has 0 saturated carbocycles. The molecule has 23 heavy (non-hydrogen) atoms. The molecule has 0 atom stereocenters. The van der Waals surface area contributed by atoms with E-state index in [0.717, 1.165) is 11.3 Å². The second kappa shape index (κ2) is 7.49. The molecule has 5 heteroatoms. The third-order valence-electron chi connectivity index (χ3n) is 4.77. The van der Waals surface area contributed by atoms with Gasteiger partial charge in [0.15, 0.2) is 0 Å². The minimum absolute atomic E-state index is 0.133. The number of benzene rings is 1. The first kappa shape index (κ1) is 19.0. The first-order valence-corrected chi connectivity index (χ1v) is 7.89. The number of hydrogen-bond acceptors (Lipinski definition) is 3. The highest BCUT2D eigenvalue weighted by atomic mass is 16.5. The Morgan fingerprint density at radius 2 is 1.65 bits per heavy atom. The smallest absolute Gasteiger partial charge is 0.311 e. The summed E-state index contributed by atoms with van der Waals surface area (Å²) in [7, 11) is 1.59. The van der Waals surface area contributed by atoms with Gasteiger partial charge in [0.25, 0.3) is 0 Å². The largest absolute Gasteiger partial charge is 0.497 e. The molecule has 0 spiro atoms. The molecule has 0 aliphatic rings. The molecule has 1 aromatic rings. The fraction of sp³-hybridized carbons (Fsp3) is 0.556. The topological polar surface area (TPSA) is 75.6 Å². The summed E-state index contributed by atoms with van der Waals surface area (Å²) < 4.78 is 5.12. The van der Waals surface area contributed by atoms with Gasteiger partial charge in [-0.05, 0) is 44.4 Å². The molecule has 0 fully saturated rings. The van der Waals surface area contributed by atoms with Crippen molar-refractivity contribution in [3.8, 4) is 5.75 Å². The van der Waals surface area contributed by atoms with E-state index in [-0.39, 0.29) is 12.5 Å². The van der Waals surface area contributed by atoms with Crippen molar-refractivity contribution in [2.75, 3.05) is 13.7 Å². The fourth-order valence-corrected chi connectivity index (χ4v) is 2.49. The van der Waals surface area contributed by atoms with Gasteiger partial charge in [0.1, 0.15) is 5.75 Å². The Labute approximate surface area is 138 Å². The lowest BCUT2D eigenvalue weighted by atomic mass is 9.80. The van der Waals surface area contributed by atoms with Crippen molar-refractivity contribution >= 4 is 11.9 Å². The van der Waals surface area contributed by atoms with Crippen LogP contribution in [0.2, 0.25) is 0 Å². The summed E-state index contributed by atoms with van der Waals surface area (Å²) in [6.07, 6.45) is 0.949. The summed E-state index contributed by atoms with van der Waals surface area (Å²) in [6.45, 7) is 7.44. The normalized spacial score (nSPS) is 11.9. The zero-order valence-corrected chi connectivity index (χ0v) is 14.6. The number of carboxylic acid groups (broad SMARTS) is 1. The SMILES string of the molecule is CCC(CC)(CNC(=O)C(C)(C)c1ccc(OC)cc1)C(=O)O. The van der Waals surface area contributed by atoms with Crippen molar-refractivity contribution < 1.29 is 19.4 Å². The van der Waals surface area contributed by atoms with E-state index in [1.54, 1.807) is 7.11 Å². The predicted molar refractivity (Wildman–Crippen MR) is 89.7 cm³/mol. The van der Waals surface area contributed by atoms with Crippen molar-refractivity contribution in [3.63, 3.8) is 0 Å². The maximum atomic E-state index is 12.6. The number of aliphatic carboxylic acids is 1. The van der Waals surface area contributed by atoms with E-state index in [1.165, 1.54) is 0 Å². The Hall–Kier alpha value is -2.04. The van der Waals surface area contributed by atoms with Gasteiger partial charge in [0.2, 0.25) is 5.91 Å². The highest BCUT2D eigenvalue weighted by molar-refractivity contribution is 5.88. The molecule has 0 unspecified atom stereocenters. The van der Waals surface area contributed by atoms with Gasteiger partial charge in [-0.2, -0.15) is 0 Å². The molecule has 0 aliphatic heterocycles. The summed E-state index contributed by atoms with van der Waals surface area (Å²) in [5, 5.41) is 12.3. The molecule has 2 N–H and O–H groups in total. The molecule has 128 valence electrons. The van der Waals surface area contributed by atoms with Gasteiger partial charge in [-0.1, -0.05) is 26.0 Å². The van der Waals surface area contributed by atoms with Crippen LogP contribution >= 0.6 is 0 Å². The molecular weight excluding hydrogens is 294 g/mol. The van der Waals surface area contributed by atoms with E-state index in [4.69, 9.17) is 4.74 Å². The lowest BCUT2D eigenvalue weighted by molar-refractivity contribution is -0.149. The van der Waals surface area contributed by atoms with E-state index < -0.39 is 16.8 Å². The number of amides is 1. The van der Waals surface area contributed by atoms with Crippen LogP contribution in [0.4, 0.5) is 0 Å². The Morgan fingerprint density at radius 3 is 2.04 bits per heavy atom. The Bertz CT molecular complexity index is 545. The molecular formula is C18H27NO4. The number of ether oxygens (including phenoxy) is 1. The summed E-state index contributed by atoms with van der Waals surface area (Å²) in [5.74, 6) is -0.327. The molecule has 0 bridgehead atoms. The number of nitrogens with one attached hydrogen (secondary N) is 1. The van der Waals surface area contributed by atoms with Crippen LogP contribution in [0.3, 0.4) is 0 Å². The van der Waals surface area contributed by atoms with Crippen LogP contribution in [-0.4, -0.2) is 30.6 Å². The summed E-state index contributed by atoms with van der Waals surface area (Å²) in [6, 6.07) is 7.32. The quantitative estimate of drug-likeness (QED) is 0.772. The van der Waals surface area contributed by atoms with Gasteiger partial charge >= 0.3 is 5.97 Å². The molecule has 1 amide bonds. The van der Waals surface area contributed by atoms with Gasteiger partial charge in [0, 0.05) is 6.54 Å². The average molecular weight is 321 g/mol. The number of hydrogen-bond donors (Lipinski definition) is 2. The van der Waals surface area contributed by atoms with Gasteiger partial charge in [-0.15, -0.1) is 0 Å². The van der Waals surface area contributed by atoms with Crippen LogP contribution in [0.5, 0.6) is 5.75 Å². The highest BCUT2D eigenvalue weighted by Gasteiger charge is 2.37. The predicted octanol–water partition coefficient (Wildman–Crippen LogP) is 2.98. The first-order valence-electron chi connectivity index (χ1n) is 7.89. The average Bonchev–Trinajstić information content (AvgIpc) is 2.55. The minimum atomic E-state index is -0.911. The zero-order chi connectivity index (χ0) is 17.7. The summed E-state index contributed by atoms with van der Waals surface area (Å²) in [5.41, 5.74) is -0.811. The van der Waals surface area contributed by atoms with E-state index >= 15 is 0 Å². The van der Waals surface area contributed by atoms with Crippen LogP contribution < -0.4 is 10.1 Å². The number of rotatable bonds is 8. The molecule has 0 heterocycles. The van der Waals surface area contributed by atoms with Crippen molar-refractivity contribution in [3.05, 3.63) is 29.8 Å². The van der Waals surface area contributed by atoms with Crippen molar-refractivity contribution in [1.29, 1.82) is 0 Å². The standard InChI is InChI=1S/C18H27NO4/c1-6-18(7-2,16(21)22)12-19-15(20)17(3,4)13-8-10-14(23-5)11-9-13/h8-11H,6-7,12H2,1-5H3,(H,19,20)(H,21,22). The maximum Gasteiger partial charge on any atom is 0.311 e. The Morgan fingerprint density at radius 1 is 1.13 bits per heavy atom. The summed E-state index contributed by atoms with van der Waals surface area (Å²) in [4.78, 5) is 24.1. The fourth-order valence-electron chi connectivity index (χ4n) is 2.49. The van der Waals surface area contributed by atoms with E-state index in [1.807, 2.05) is 52.0 Å². The van der Waals surface area contributed by atoms with Crippen LogP contribution in [0.15, 0.2) is 24.3 Å². The van der Waals surface area contributed by atoms with E-state index in [0.29, 0.717) is 12.8 Å². The van der Waals surface area contributed by atoms with Gasteiger partial charge in [-0.25, -0.2) is 0 Å². The van der Waals surface area contributed by atoms with Gasteiger partial charge in [0.05, 0.1) is 17.9 Å². The zero-order valence-electron chi connectivity index (χ0n) is 14.6. The van der Waals surface area contributed by atoms with Crippen LogP contribution in [0, 0.1) is 5.41 Å². The lowest BCUT2D eigenvalue weighted by Crippen LogP contribution is -2.47. The molecule has 1 aromatic carbocycles. The van der Waals surface area contributed by atoms with E-state index in [9.17, 15) is 14.7 Å². The molecule has 1 rings (SSSR count). The van der Waals surface area contributed by atoms with Crippen molar-refractivity contribution in [2.24, 2.45) is 5.41 Å². The third-order valence-corrected chi connectivity index (χ3v) is 4.77. The molecule has 5 nitrogen and oxygen atoms in total. The van der Waals surface area contributed by atoms with Crippen LogP contribution in [0.25, 0.3) is 0 Å². The molecule has 0 saturated heterocycles. The second-order valence-corrected chi connectivity index (χ2v) is 6.33. The Balaban J connectivity index is 2.88. The minimum Gasteiger partial charge on any atom is -0.497 e. The molecule has 0 aromatic heterocycles. The molecule has 0 aliphatic carbocycles. The number of methoxy groups -OCH3 is 1. The van der Waals surface area contributed by atoms with Crippen LogP contribution in [-0.2, 0) is 15.0 Å². The van der Waals surface area contributed by atoms with Crippen molar-refractivity contribution in [2.45, 2.75) is 46.0 Å². The number of carbonyl (C=O) groups excluding carboxylic acids is 1. The monoisotopic (exact) mass is 321 g/mol. The maximum absolute atomic E-state index is 12.6. The van der Waals surface area contributed by atoms with Crippen LogP contribution in [0.1, 0.15) is 46.1 Å². The number of carboxylic acids is 1. The Kier molecular flexibility index (Phi) is 6.19. The van der Waals surface area contributed by atoms with E-state index in [2.05, 4.69) is 5.32 Å². The molecule has 0 radical (unpaired) electrons.